The Morgan fingerprint density at radius 1 is 1.33 bits per heavy atom. The van der Waals surface area contributed by atoms with Crippen molar-refractivity contribution < 1.29 is 0 Å². The van der Waals surface area contributed by atoms with Gasteiger partial charge < -0.3 is 10.6 Å². The van der Waals surface area contributed by atoms with Crippen molar-refractivity contribution in [1.29, 1.82) is 0 Å². The minimum atomic E-state index is 0.277. The largest absolute Gasteiger partial charge is 0.329 e. The molecule has 3 heteroatoms. The van der Waals surface area contributed by atoms with Gasteiger partial charge >= 0.3 is 0 Å². The maximum Gasteiger partial charge on any atom is 0.0270 e. The molecule has 1 fully saturated rings. The Morgan fingerprint density at radius 2 is 1.93 bits per heavy atom. The van der Waals surface area contributed by atoms with Gasteiger partial charge in [0.15, 0.2) is 0 Å². The molecule has 0 saturated carbocycles. The normalized spacial score (nSPS) is 28.0. The molecule has 0 aromatic carbocycles. The predicted octanol–water partition coefficient (Wildman–Crippen LogP) is 0.996. The Balaban J connectivity index is 2.68. The van der Waals surface area contributed by atoms with Crippen LogP contribution in [0, 0.1) is 5.41 Å². The topological polar surface area (TPSA) is 32.5 Å². The third-order valence-electron chi connectivity index (χ3n) is 3.51. The second kappa shape index (κ2) is 4.81. The van der Waals surface area contributed by atoms with E-state index in [9.17, 15) is 0 Å². The van der Waals surface area contributed by atoms with Crippen LogP contribution in [0.2, 0.25) is 0 Å². The molecule has 1 aliphatic heterocycles. The van der Waals surface area contributed by atoms with Crippen LogP contribution < -0.4 is 5.73 Å². The molecule has 15 heavy (non-hydrogen) atoms. The number of hydrogen-bond donors (Lipinski definition) is 1. The Hall–Kier alpha value is -0.120. The van der Waals surface area contributed by atoms with Gasteiger partial charge in [0.25, 0.3) is 0 Å². The summed E-state index contributed by atoms with van der Waals surface area (Å²) in [6, 6.07) is 1.12. The van der Waals surface area contributed by atoms with Crippen LogP contribution in [0.1, 0.15) is 27.7 Å². The van der Waals surface area contributed by atoms with Gasteiger partial charge in [-0.2, -0.15) is 0 Å². The van der Waals surface area contributed by atoms with Crippen molar-refractivity contribution in [2.75, 3.05) is 33.2 Å². The molecule has 2 unspecified atom stereocenters. The highest BCUT2D eigenvalue weighted by Crippen LogP contribution is 2.26. The first kappa shape index (κ1) is 12.9. The Labute approximate surface area is 94.6 Å². The van der Waals surface area contributed by atoms with Gasteiger partial charge in [-0.25, -0.2) is 0 Å². The van der Waals surface area contributed by atoms with E-state index in [1.165, 1.54) is 0 Å². The fourth-order valence-corrected chi connectivity index (χ4v) is 2.60. The molecule has 0 spiro atoms. The van der Waals surface area contributed by atoms with E-state index >= 15 is 0 Å². The van der Waals surface area contributed by atoms with Gasteiger partial charge in [0.05, 0.1) is 0 Å². The van der Waals surface area contributed by atoms with Crippen molar-refractivity contribution >= 4 is 0 Å². The lowest BCUT2D eigenvalue weighted by Gasteiger charge is -2.47. The number of nitrogens with two attached hydrogens (primary N) is 1. The van der Waals surface area contributed by atoms with E-state index in [0.717, 1.165) is 26.2 Å². The van der Waals surface area contributed by atoms with Crippen LogP contribution in [0.4, 0.5) is 0 Å². The van der Waals surface area contributed by atoms with E-state index in [1.807, 2.05) is 0 Å². The van der Waals surface area contributed by atoms with Gasteiger partial charge in [0.1, 0.15) is 0 Å². The molecule has 90 valence electrons. The molecule has 2 N–H and O–H groups in total. The second-order valence-electron chi connectivity index (χ2n) is 5.97. The zero-order chi connectivity index (χ0) is 11.6. The zero-order valence-electron chi connectivity index (χ0n) is 11.0. The van der Waals surface area contributed by atoms with Crippen LogP contribution in [-0.4, -0.2) is 55.1 Å². The van der Waals surface area contributed by atoms with E-state index in [4.69, 9.17) is 5.73 Å². The van der Waals surface area contributed by atoms with Crippen LogP contribution in [0.15, 0.2) is 0 Å². The van der Waals surface area contributed by atoms with Crippen molar-refractivity contribution in [3.63, 3.8) is 0 Å². The third kappa shape index (κ3) is 3.16. The lowest BCUT2D eigenvalue weighted by Crippen LogP contribution is -2.59. The van der Waals surface area contributed by atoms with Crippen molar-refractivity contribution in [2.24, 2.45) is 11.1 Å². The second-order valence-corrected chi connectivity index (χ2v) is 5.97. The van der Waals surface area contributed by atoms with Gasteiger partial charge in [-0.15, -0.1) is 0 Å². The first-order chi connectivity index (χ1) is 6.86. The number of nitrogens with zero attached hydrogens (tertiary/aromatic N) is 2. The van der Waals surface area contributed by atoms with E-state index in [2.05, 4.69) is 44.5 Å². The first-order valence-corrected chi connectivity index (χ1v) is 6.00. The van der Waals surface area contributed by atoms with Gasteiger partial charge in [0.2, 0.25) is 0 Å². The zero-order valence-corrected chi connectivity index (χ0v) is 11.0. The quantitative estimate of drug-likeness (QED) is 0.742. The standard InChI is InChI=1S/C12H27N3/c1-10-9-14(5)6-7-15(10)11(8-13)12(2,3)4/h10-11H,6-9,13H2,1-5H3. The van der Waals surface area contributed by atoms with Crippen molar-refractivity contribution in [3.8, 4) is 0 Å². The number of rotatable bonds is 2. The highest BCUT2D eigenvalue weighted by atomic mass is 15.3. The Morgan fingerprint density at radius 3 is 2.33 bits per heavy atom. The summed E-state index contributed by atoms with van der Waals surface area (Å²) in [4.78, 5) is 4.98. The maximum atomic E-state index is 5.93. The van der Waals surface area contributed by atoms with E-state index in [0.29, 0.717) is 12.1 Å². The lowest BCUT2D eigenvalue weighted by molar-refractivity contribution is 0.0190. The minimum Gasteiger partial charge on any atom is -0.329 e. The number of hydrogen-bond acceptors (Lipinski definition) is 3. The molecule has 0 aromatic heterocycles. The van der Waals surface area contributed by atoms with Crippen LogP contribution in [0.3, 0.4) is 0 Å². The summed E-state index contributed by atoms with van der Waals surface area (Å²) in [7, 11) is 2.20. The van der Waals surface area contributed by atoms with E-state index in [1.54, 1.807) is 0 Å². The Bertz CT molecular complexity index is 198. The highest BCUT2D eigenvalue weighted by molar-refractivity contribution is 4.90. The first-order valence-electron chi connectivity index (χ1n) is 6.00. The molecule has 1 heterocycles. The molecule has 0 radical (unpaired) electrons. The fourth-order valence-electron chi connectivity index (χ4n) is 2.60. The minimum absolute atomic E-state index is 0.277. The molecule has 1 rings (SSSR count). The molecule has 2 atom stereocenters. The van der Waals surface area contributed by atoms with Gasteiger partial charge in [-0.3, -0.25) is 4.90 Å². The molecular formula is C12H27N3. The van der Waals surface area contributed by atoms with Crippen LogP contribution in [0.5, 0.6) is 0 Å². The van der Waals surface area contributed by atoms with Gasteiger partial charge in [-0.05, 0) is 19.4 Å². The van der Waals surface area contributed by atoms with Crippen LogP contribution >= 0.6 is 0 Å². The van der Waals surface area contributed by atoms with E-state index in [-0.39, 0.29) is 5.41 Å². The number of likely N-dealkylation sites (N-methyl/N-ethyl adjacent to an activating group) is 1. The summed E-state index contributed by atoms with van der Waals surface area (Å²) in [5.74, 6) is 0. The van der Waals surface area contributed by atoms with Crippen LogP contribution in [-0.2, 0) is 0 Å². The monoisotopic (exact) mass is 213 g/mol. The summed E-state index contributed by atoms with van der Waals surface area (Å²) in [6.07, 6.45) is 0. The molecular weight excluding hydrogens is 186 g/mol. The average Bonchev–Trinajstić information content (AvgIpc) is 2.07. The molecule has 1 aliphatic rings. The van der Waals surface area contributed by atoms with Crippen LogP contribution in [0.25, 0.3) is 0 Å². The summed E-state index contributed by atoms with van der Waals surface area (Å²) >= 11 is 0. The van der Waals surface area contributed by atoms with Crippen molar-refractivity contribution in [3.05, 3.63) is 0 Å². The summed E-state index contributed by atoms with van der Waals surface area (Å²) in [6.45, 7) is 13.4. The maximum absolute atomic E-state index is 5.93. The number of piperazine rings is 1. The average molecular weight is 213 g/mol. The molecule has 3 nitrogen and oxygen atoms in total. The molecule has 0 aromatic rings. The smallest absolute Gasteiger partial charge is 0.0270 e. The Kier molecular flexibility index (Phi) is 4.15. The molecule has 0 bridgehead atoms. The van der Waals surface area contributed by atoms with E-state index < -0.39 is 0 Å². The SMILES string of the molecule is CC1CN(C)CCN1C(CN)C(C)(C)C. The summed E-state index contributed by atoms with van der Waals surface area (Å²) < 4.78 is 0. The van der Waals surface area contributed by atoms with Crippen molar-refractivity contribution in [2.45, 2.75) is 39.8 Å². The molecule has 0 amide bonds. The summed E-state index contributed by atoms with van der Waals surface area (Å²) in [5.41, 5.74) is 6.21. The third-order valence-corrected chi connectivity index (χ3v) is 3.51. The predicted molar refractivity (Wildman–Crippen MR) is 66.0 cm³/mol. The molecule has 1 saturated heterocycles. The highest BCUT2D eigenvalue weighted by Gasteiger charge is 2.34. The van der Waals surface area contributed by atoms with Gasteiger partial charge in [-0.1, -0.05) is 20.8 Å². The molecule has 0 aliphatic carbocycles. The van der Waals surface area contributed by atoms with Gasteiger partial charge in [0, 0.05) is 38.3 Å². The van der Waals surface area contributed by atoms with Crippen molar-refractivity contribution in [1.82, 2.24) is 9.80 Å². The lowest BCUT2D eigenvalue weighted by atomic mass is 9.84. The summed E-state index contributed by atoms with van der Waals surface area (Å²) in [5, 5.41) is 0. The fraction of sp³-hybridized carbons (Fsp3) is 1.00.